The minimum Gasteiger partial charge on any atom is -0.340 e. The summed E-state index contributed by atoms with van der Waals surface area (Å²) < 4.78 is 3.45. The van der Waals surface area contributed by atoms with Crippen molar-refractivity contribution in [2.75, 3.05) is 6.26 Å². The van der Waals surface area contributed by atoms with E-state index in [4.69, 9.17) is 12.2 Å². The minimum absolute atomic E-state index is 0.944. The summed E-state index contributed by atoms with van der Waals surface area (Å²) in [6.07, 6.45) is 2.99. The van der Waals surface area contributed by atoms with Crippen LogP contribution in [0, 0.1) is 0 Å². The molecule has 0 bridgehead atoms. The van der Waals surface area contributed by atoms with E-state index in [-0.39, 0.29) is 0 Å². The lowest BCUT2D eigenvalue weighted by Gasteiger charge is -2.07. The van der Waals surface area contributed by atoms with Crippen LogP contribution in [0.25, 0.3) is 21.8 Å². The van der Waals surface area contributed by atoms with Crippen LogP contribution in [0.5, 0.6) is 0 Å². The van der Waals surface area contributed by atoms with Gasteiger partial charge in [-0.2, -0.15) is 0 Å². The van der Waals surface area contributed by atoms with Crippen LogP contribution < -0.4 is 0 Å². The van der Waals surface area contributed by atoms with Crippen molar-refractivity contribution in [2.45, 2.75) is 13.0 Å². The molecule has 2 aromatic carbocycles. The second-order valence-corrected chi connectivity index (χ2v) is 6.16. The molecular formula is C16H15NS2. The summed E-state index contributed by atoms with van der Waals surface area (Å²) in [5.41, 5.74) is 2.60. The van der Waals surface area contributed by atoms with Crippen molar-refractivity contribution in [3.05, 3.63) is 48.5 Å². The van der Waals surface area contributed by atoms with Gasteiger partial charge in [-0.3, -0.25) is 0 Å². The molecule has 96 valence electrons. The molecule has 0 saturated heterocycles. The predicted octanol–water partition coefficient (Wildman–Crippen LogP) is 4.88. The van der Waals surface area contributed by atoms with Crippen LogP contribution in [0.15, 0.2) is 48.5 Å². The number of benzene rings is 2. The standard InChI is InChI=1S/C16H15NS2/c1-19-16(18)10-11-17-14-8-4-2-6-12(14)13-7-3-5-9-15(13)17/h2-9H,10-11H2,1H3. The van der Waals surface area contributed by atoms with Crippen LogP contribution in [-0.2, 0) is 6.54 Å². The van der Waals surface area contributed by atoms with Gasteiger partial charge in [0.05, 0.1) is 0 Å². The molecule has 0 amide bonds. The summed E-state index contributed by atoms with van der Waals surface area (Å²) in [5.74, 6) is 0. The molecule has 0 N–H and O–H groups in total. The SMILES string of the molecule is CSC(=S)CCn1c2ccccc2c2ccccc21. The summed E-state index contributed by atoms with van der Waals surface area (Å²) in [4.78, 5) is 0. The van der Waals surface area contributed by atoms with Gasteiger partial charge in [-0.1, -0.05) is 48.6 Å². The number of thiocarbonyl (C=S) groups is 1. The third-order valence-corrected chi connectivity index (χ3v) is 4.81. The van der Waals surface area contributed by atoms with Crippen LogP contribution in [-0.4, -0.2) is 15.0 Å². The predicted molar refractivity (Wildman–Crippen MR) is 90.2 cm³/mol. The van der Waals surface area contributed by atoms with Gasteiger partial charge in [0.1, 0.15) is 0 Å². The first-order valence-electron chi connectivity index (χ1n) is 6.34. The molecule has 0 unspecified atom stereocenters. The number of aryl methyl sites for hydroxylation is 1. The molecule has 0 atom stereocenters. The van der Waals surface area contributed by atoms with E-state index < -0.39 is 0 Å². The van der Waals surface area contributed by atoms with Gasteiger partial charge in [-0.15, -0.1) is 11.8 Å². The summed E-state index contributed by atoms with van der Waals surface area (Å²) in [6.45, 7) is 0.952. The zero-order valence-electron chi connectivity index (χ0n) is 10.8. The van der Waals surface area contributed by atoms with Gasteiger partial charge in [-0.25, -0.2) is 0 Å². The van der Waals surface area contributed by atoms with Crippen LogP contribution in [0.1, 0.15) is 6.42 Å². The lowest BCUT2D eigenvalue weighted by molar-refractivity contribution is 0.789. The maximum absolute atomic E-state index is 5.32. The average Bonchev–Trinajstić information content (AvgIpc) is 2.79. The molecule has 0 saturated carbocycles. The van der Waals surface area contributed by atoms with E-state index in [0.717, 1.165) is 17.2 Å². The van der Waals surface area contributed by atoms with Crippen molar-refractivity contribution >= 4 is 50.0 Å². The fourth-order valence-corrected chi connectivity index (χ4v) is 2.94. The first kappa shape index (κ1) is 12.7. The smallest absolute Gasteiger partial charge is 0.0493 e. The van der Waals surface area contributed by atoms with Gasteiger partial charge in [0, 0.05) is 39.0 Å². The number of para-hydroxylation sites is 2. The highest BCUT2D eigenvalue weighted by molar-refractivity contribution is 8.22. The number of fused-ring (bicyclic) bond motifs is 3. The van der Waals surface area contributed by atoms with Crippen molar-refractivity contribution in [3.63, 3.8) is 0 Å². The topological polar surface area (TPSA) is 4.93 Å². The third-order valence-electron chi connectivity index (χ3n) is 3.45. The van der Waals surface area contributed by atoms with Gasteiger partial charge in [0.2, 0.25) is 0 Å². The highest BCUT2D eigenvalue weighted by atomic mass is 32.2. The molecule has 1 heterocycles. The van der Waals surface area contributed by atoms with Gasteiger partial charge in [-0.05, 0) is 18.4 Å². The lowest BCUT2D eigenvalue weighted by atomic mass is 10.2. The van der Waals surface area contributed by atoms with Gasteiger partial charge < -0.3 is 4.57 Å². The molecule has 3 rings (SSSR count). The van der Waals surface area contributed by atoms with E-state index >= 15 is 0 Å². The summed E-state index contributed by atoms with van der Waals surface area (Å²) in [7, 11) is 0. The third kappa shape index (κ3) is 2.28. The molecule has 0 aliphatic carbocycles. The number of thioether (sulfide) groups is 1. The molecule has 0 radical (unpaired) electrons. The molecule has 3 aromatic rings. The number of nitrogens with zero attached hydrogens (tertiary/aromatic N) is 1. The normalized spacial score (nSPS) is 11.2. The second kappa shape index (κ2) is 5.35. The summed E-state index contributed by atoms with van der Waals surface area (Å²) >= 11 is 7.00. The van der Waals surface area contributed by atoms with E-state index in [9.17, 15) is 0 Å². The maximum atomic E-state index is 5.32. The first-order chi connectivity index (χ1) is 9.31. The highest BCUT2D eigenvalue weighted by Crippen LogP contribution is 2.29. The molecule has 19 heavy (non-hydrogen) atoms. The molecule has 1 nitrogen and oxygen atoms in total. The molecular weight excluding hydrogens is 270 g/mol. The molecule has 0 fully saturated rings. The Labute approximate surface area is 122 Å². The fourth-order valence-electron chi connectivity index (χ4n) is 2.55. The number of rotatable bonds is 3. The summed E-state index contributed by atoms with van der Waals surface area (Å²) in [5, 5.41) is 2.65. The highest BCUT2D eigenvalue weighted by Gasteiger charge is 2.09. The molecule has 1 aromatic heterocycles. The number of hydrogen-bond acceptors (Lipinski definition) is 2. The zero-order chi connectivity index (χ0) is 13.2. The number of aromatic nitrogens is 1. The van der Waals surface area contributed by atoms with E-state index in [2.05, 4.69) is 53.1 Å². The van der Waals surface area contributed by atoms with Gasteiger partial charge >= 0.3 is 0 Å². The van der Waals surface area contributed by atoms with Crippen molar-refractivity contribution < 1.29 is 0 Å². The van der Waals surface area contributed by atoms with Crippen LogP contribution in [0.2, 0.25) is 0 Å². The second-order valence-electron chi connectivity index (χ2n) is 4.51. The largest absolute Gasteiger partial charge is 0.340 e. The van der Waals surface area contributed by atoms with Crippen LogP contribution in [0.3, 0.4) is 0 Å². The molecule has 3 heteroatoms. The Morgan fingerprint density at radius 1 is 1.00 bits per heavy atom. The Morgan fingerprint density at radius 2 is 1.53 bits per heavy atom. The zero-order valence-corrected chi connectivity index (χ0v) is 12.4. The molecule has 0 spiro atoms. The van der Waals surface area contributed by atoms with Gasteiger partial charge in [0.25, 0.3) is 0 Å². The van der Waals surface area contributed by atoms with Crippen molar-refractivity contribution in [1.29, 1.82) is 0 Å². The monoisotopic (exact) mass is 285 g/mol. The van der Waals surface area contributed by atoms with E-state index in [1.807, 2.05) is 6.26 Å². The molecule has 0 aliphatic rings. The van der Waals surface area contributed by atoms with Crippen LogP contribution in [0.4, 0.5) is 0 Å². The van der Waals surface area contributed by atoms with E-state index in [1.54, 1.807) is 11.8 Å². The Balaban J connectivity index is 2.16. The quantitative estimate of drug-likeness (QED) is 0.632. The van der Waals surface area contributed by atoms with E-state index in [0.29, 0.717) is 0 Å². The minimum atomic E-state index is 0.944. The number of hydrogen-bond donors (Lipinski definition) is 0. The lowest BCUT2D eigenvalue weighted by Crippen LogP contribution is -2.01. The molecule has 0 aliphatic heterocycles. The first-order valence-corrected chi connectivity index (χ1v) is 7.97. The summed E-state index contributed by atoms with van der Waals surface area (Å²) in [6, 6.07) is 17.2. The Kier molecular flexibility index (Phi) is 3.58. The van der Waals surface area contributed by atoms with Crippen LogP contribution >= 0.6 is 24.0 Å². The van der Waals surface area contributed by atoms with Crippen molar-refractivity contribution in [3.8, 4) is 0 Å². The maximum Gasteiger partial charge on any atom is 0.0493 e. The fraction of sp³-hybridized carbons (Fsp3) is 0.188. The Bertz CT molecular complexity index is 689. The Morgan fingerprint density at radius 3 is 2.05 bits per heavy atom. The van der Waals surface area contributed by atoms with Gasteiger partial charge in [0.15, 0.2) is 0 Å². The van der Waals surface area contributed by atoms with E-state index in [1.165, 1.54) is 21.8 Å². The van der Waals surface area contributed by atoms with Crippen molar-refractivity contribution in [2.24, 2.45) is 0 Å². The average molecular weight is 285 g/mol. The Hall–Kier alpha value is -1.32. The van der Waals surface area contributed by atoms with Crippen molar-refractivity contribution in [1.82, 2.24) is 4.57 Å².